The van der Waals surface area contributed by atoms with Gasteiger partial charge < -0.3 is 10.5 Å². The topological polar surface area (TPSA) is 70.1 Å². The van der Waals surface area contributed by atoms with Crippen molar-refractivity contribution in [2.45, 2.75) is 19.9 Å². The number of aromatic nitrogens is 2. The largest absolute Gasteiger partial charge is 0.489 e. The molecule has 112 valence electrons. The molecule has 0 saturated heterocycles. The SMILES string of the molecule is CC(C)n1ncc2cc(OC/C(=C/F)CN)ccc2c1=O. The van der Waals surface area contributed by atoms with E-state index in [1.165, 1.54) is 4.68 Å². The lowest BCUT2D eigenvalue weighted by molar-refractivity contribution is 0.348. The Bertz CT molecular complexity index is 722. The maximum atomic E-state index is 12.4. The Morgan fingerprint density at radius 3 is 2.90 bits per heavy atom. The quantitative estimate of drug-likeness (QED) is 0.916. The van der Waals surface area contributed by atoms with Crippen molar-refractivity contribution in [3.63, 3.8) is 0 Å². The van der Waals surface area contributed by atoms with Crippen LogP contribution in [0, 0.1) is 0 Å². The van der Waals surface area contributed by atoms with Crippen molar-refractivity contribution in [2.24, 2.45) is 5.73 Å². The first kappa shape index (κ1) is 15.2. The number of ether oxygens (including phenoxy) is 1. The average molecular weight is 291 g/mol. The third-order valence-corrected chi connectivity index (χ3v) is 3.11. The van der Waals surface area contributed by atoms with Crippen molar-refractivity contribution in [3.8, 4) is 5.75 Å². The Morgan fingerprint density at radius 2 is 2.29 bits per heavy atom. The van der Waals surface area contributed by atoms with Crippen LogP contribution in [-0.2, 0) is 0 Å². The van der Waals surface area contributed by atoms with E-state index in [1.54, 1.807) is 24.4 Å². The highest BCUT2D eigenvalue weighted by molar-refractivity contribution is 5.82. The summed E-state index contributed by atoms with van der Waals surface area (Å²) in [6.07, 6.45) is 2.07. The molecule has 0 aliphatic carbocycles. The zero-order valence-electron chi connectivity index (χ0n) is 12.0. The van der Waals surface area contributed by atoms with Crippen molar-refractivity contribution >= 4 is 10.8 Å². The molecule has 0 fully saturated rings. The second kappa shape index (κ2) is 6.49. The molecule has 0 atom stereocenters. The Kier molecular flexibility index (Phi) is 4.70. The Labute approximate surface area is 121 Å². The first-order valence-electron chi connectivity index (χ1n) is 6.69. The van der Waals surface area contributed by atoms with E-state index in [2.05, 4.69) is 5.10 Å². The van der Waals surface area contributed by atoms with E-state index in [1.807, 2.05) is 13.8 Å². The van der Waals surface area contributed by atoms with E-state index in [9.17, 15) is 9.18 Å². The first-order valence-corrected chi connectivity index (χ1v) is 6.69. The Hall–Kier alpha value is -2.21. The zero-order valence-corrected chi connectivity index (χ0v) is 12.0. The molecule has 0 unspecified atom stereocenters. The van der Waals surface area contributed by atoms with E-state index in [0.29, 0.717) is 28.4 Å². The monoisotopic (exact) mass is 291 g/mol. The molecular weight excluding hydrogens is 273 g/mol. The van der Waals surface area contributed by atoms with E-state index in [-0.39, 0.29) is 24.8 Å². The number of nitrogens with zero attached hydrogens (tertiary/aromatic N) is 2. The molecule has 21 heavy (non-hydrogen) atoms. The van der Waals surface area contributed by atoms with Crippen molar-refractivity contribution in [3.05, 3.63) is 46.7 Å². The molecule has 0 aliphatic rings. The summed E-state index contributed by atoms with van der Waals surface area (Å²) in [4.78, 5) is 12.2. The molecule has 1 aromatic carbocycles. The number of hydrogen-bond acceptors (Lipinski definition) is 4. The molecule has 0 aliphatic heterocycles. The predicted molar refractivity (Wildman–Crippen MR) is 80.1 cm³/mol. The Balaban J connectivity index is 2.31. The lowest BCUT2D eigenvalue weighted by Gasteiger charge is -2.11. The van der Waals surface area contributed by atoms with Crippen LogP contribution in [0.15, 0.2) is 41.1 Å². The summed E-state index contributed by atoms with van der Waals surface area (Å²) >= 11 is 0. The van der Waals surface area contributed by atoms with Crippen LogP contribution in [0.5, 0.6) is 5.75 Å². The molecule has 2 rings (SSSR count). The highest BCUT2D eigenvalue weighted by Gasteiger charge is 2.08. The summed E-state index contributed by atoms with van der Waals surface area (Å²) in [5.74, 6) is 0.541. The summed E-state index contributed by atoms with van der Waals surface area (Å²) in [6, 6.07) is 5.08. The normalized spacial score (nSPS) is 12.1. The fraction of sp³-hybridized carbons (Fsp3) is 0.333. The van der Waals surface area contributed by atoms with E-state index >= 15 is 0 Å². The summed E-state index contributed by atoms with van der Waals surface area (Å²) in [5, 5.41) is 5.39. The maximum absolute atomic E-state index is 12.4. The number of nitrogens with two attached hydrogens (primary N) is 1. The van der Waals surface area contributed by atoms with Crippen molar-refractivity contribution < 1.29 is 9.13 Å². The maximum Gasteiger partial charge on any atom is 0.274 e. The second-order valence-corrected chi connectivity index (χ2v) is 5.00. The third kappa shape index (κ3) is 3.28. The van der Waals surface area contributed by atoms with Gasteiger partial charge in [0.15, 0.2) is 0 Å². The molecule has 1 heterocycles. The number of hydrogen-bond donors (Lipinski definition) is 1. The first-order chi connectivity index (χ1) is 10.1. The van der Waals surface area contributed by atoms with Gasteiger partial charge in [0.25, 0.3) is 5.56 Å². The minimum absolute atomic E-state index is 0.000342. The predicted octanol–water partition coefficient (Wildman–Crippen LogP) is 2.17. The third-order valence-electron chi connectivity index (χ3n) is 3.11. The van der Waals surface area contributed by atoms with Crippen LogP contribution in [0.1, 0.15) is 19.9 Å². The van der Waals surface area contributed by atoms with Crippen LogP contribution >= 0.6 is 0 Å². The Morgan fingerprint density at radius 1 is 1.52 bits per heavy atom. The highest BCUT2D eigenvalue weighted by Crippen LogP contribution is 2.18. The molecular formula is C15H18FN3O2. The van der Waals surface area contributed by atoms with Crippen LogP contribution in [0.2, 0.25) is 0 Å². The van der Waals surface area contributed by atoms with Gasteiger partial charge in [0, 0.05) is 17.5 Å². The smallest absolute Gasteiger partial charge is 0.274 e. The molecule has 0 radical (unpaired) electrons. The fourth-order valence-electron chi connectivity index (χ4n) is 1.91. The van der Waals surface area contributed by atoms with Gasteiger partial charge in [0.2, 0.25) is 0 Å². The van der Waals surface area contributed by atoms with Gasteiger partial charge in [-0.25, -0.2) is 9.07 Å². The second-order valence-electron chi connectivity index (χ2n) is 5.00. The molecule has 0 amide bonds. The summed E-state index contributed by atoms with van der Waals surface area (Å²) in [5.41, 5.74) is 5.59. The summed E-state index contributed by atoms with van der Waals surface area (Å²) < 4.78 is 19.3. The van der Waals surface area contributed by atoms with Gasteiger partial charge in [0.1, 0.15) is 12.4 Å². The van der Waals surface area contributed by atoms with Crippen LogP contribution < -0.4 is 16.0 Å². The van der Waals surface area contributed by atoms with Gasteiger partial charge in [-0.05, 0) is 32.0 Å². The number of fused-ring (bicyclic) bond motifs is 1. The summed E-state index contributed by atoms with van der Waals surface area (Å²) in [6.45, 7) is 3.98. The van der Waals surface area contributed by atoms with Crippen LogP contribution in [0.25, 0.3) is 10.8 Å². The van der Waals surface area contributed by atoms with Crippen LogP contribution in [0.3, 0.4) is 0 Å². The average Bonchev–Trinajstić information content (AvgIpc) is 2.48. The lowest BCUT2D eigenvalue weighted by Crippen LogP contribution is -2.24. The van der Waals surface area contributed by atoms with E-state index in [4.69, 9.17) is 10.5 Å². The van der Waals surface area contributed by atoms with Gasteiger partial charge in [0.05, 0.1) is 24.0 Å². The molecule has 0 saturated carbocycles. The van der Waals surface area contributed by atoms with Gasteiger partial charge in [-0.2, -0.15) is 5.10 Å². The summed E-state index contributed by atoms with van der Waals surface area (Å²) in [7, 11) is 0. The minimum Gasteiger partial charge on any atom is -0.489 e. The van der Waals surface area contributed by atoms with Crippen molar-refractivity contribution in [1.29, 1.82) is 0 Å². The fourth-order valence-corrected chi connectivity index (χ4v) is 1.91. The van der Waals surface area contributed by atoms with Gasteiger partial charge >= 0.3 is 0 Å². The minimum atomic E-state index is -0.139. The van der Waals surface area contributed by atoms with Crippen molar-refractivity contribution in [1.82, 2.24) is 9.78 Å². The van der Waals surface area contributed by atoms with Crippen molar-refractivity contribution in [2.75, 3.05) is 13.2 Å². The molecule has 0 spiro atoms. The van der Waals surface area contributed by atoms with Gasteiger partial charge in [-0.1, -0.05) is 0 Å². The van der Waals surface area contributed by atoms with Gasteiger partial charge in [-0.3, -0.25) is 4.79 Å². The van der Waals surface area contributed by atoms with E-state index < -0.39 is 0 Å². The molecule has 2 N–H and O–H groups in total. The highest BCUT2D eigenvalue weighted by atomic mass is 19.1. The van der Waals surface area contributed by atoms with Crippen LogP contribution in [0.4, 0.5) is 4.39 Å². The molecule has 0 bridgehead atoms. The van der Waals surface area contributed by atoms with E-state index in [0.717, 1.165) is 0 Å². The number of halogens is 1. The number of rotatable bonds is 5. The lowest BCUT2D eigenvalue weighted by atomic mass is 10.2. The van der Waals surface area contributed by atoms with Gasteiger partial charge in [-0.15, -0.1) is 0 Å². The molecule has 2 aromatic rings. The zero-order chi connectivity index (χ0) is 15.4. The molecule has 1 aromatic heterocycles. The molecule has 6 heteroatoms. The number of benzene rings is 1. The molecule has 5 nitrogen and oxygen atoms in total. The van der Waals surface area contributed by atoms with Crippen LogP contribution in [-0.4, -0.2) is 22.9 Å². The standard InChI is InChI=1S/C15H18FN3O2/c1-10(2)19-15(20)14-4-3-13(5-12(14)8-18-19)21-9-11(6-16)7-17/h3-6,8,10H,7,9,17H2,1-2H3/b11-6+.